The highest BCUT2D eigenvalue weighted by molar-refractivity contribution is 5.27. The molecule has 1 rings (SSSR count). The Morgan fingerprint density at radius 2 is 1.03 bits per heavy atom. The molecule has 0 aromatic carbocycles. The van der Waals surface area contributed by atoms with Crippen LogP contribution in [-0.4, -0.2) is 75.8 Å². The normalized spacial score (nSPS) is 11.6. The summed E-state index contributed by atoms with van der Waals surface area (Å²) < 4.78 is 6.17. The quantitative estimate of drug-likeness (QED) is 0.141. The van der Waals surface area contributed by atoms with Gasteiger partial charge in [-0.05, 0) is 34.6 Å². The topological polar surface area (TPSA) is 52.7 Å². The molecule has 1 aromatic rings. The minimum absolute atomic E-state index is 0.772. The highest BCUT2D eigenvalue weighted by atomic mass is 16.5. The van der Waals surface area contributed by atoms with Crippen molar-refractivity contribution < 1.29 is 4.74 Å². The van der Waals surface area contributed by atoms with Gasteiger partial charge in [-0.15, -0.1) is 0 Å². The largest absolute Gasteiger partial charge is 0.493 e. The molecule has 0 amide bonds. The summed E-state index contributed by atoms with van der Waals surface area (Å²) in [6, 6.07) is 4.21. The Morgan fingerprint density at radius 3 is 1.43 bits per heavy atom. The van der Waals surface area contributed by atoms with Crippen molar-refractivity contribution in [2.24, 2.45) is 0 Å². The fourth-order valence-corrected chi connectivity index (χ4v) is 4.41. The zero-order chi connectivity index (χ0) is 27.0. The summed E-state index contributed by atoms with van der Waals surface area (Å²) in [5.41, 5.74) is 2.11. The third-order valence-electron chi connectivity index (χ3n) is 6.76. The van der Waals surface area contributed by atoms with Gasteiger partial charge in [-0.1, -0.05) is 90.4 Å². The molecule has 0 aliphatic rings. The summed E-state index contributed by atoms with van der Waals surface area (Å²) in [6.07, 6.45) is 19.3. The van der Waals surface area contributed by atoms with Crippen LogP contribution in [0.2, 0.25) is 0 Å². The number of rotatable bonds is 26. The zero-order valence-electron chi connectivity index (χ0n) is 25.3. The van der Waals surface area contributed by atoms with Gasteiger partial charge in [-0.2, -0.15) is 0 Å². The molecule has 0 atom stereocenters. The average Bonchev–Trinajstić information content (AvgIpc) is 2.86. The molecule has 2 N–H and O–H groups in total. The molecule has 0 radical (unpaired) electrons. The maximum atomic E-state index is 6.17. The van der Waals surface area contributed by atoms with Gasteiger partial charge in [0.1, 0.15) is 5.75 Å². The Bertz CT molecular complexity index is 604. The summed E-state index contributed by atoms with van der Waals surface area (Å²) in [7, 11) is 8.40. The van der Waals surface area contributed by atoms with Crippen LogP contribution in [0.3, 0.4) is 0 Å². The standard InChI is InChI=1S/C31H61N5O/c1-6-7-8-9-10-11-12-13-14-15-16-17-18-19-24-37-31-25-29(27-32-20-22-35(2)3)34-30(26-31)28-33-21-23-36(4)5/h25-26,32-33H,6-24,27-28H2,1-5H3. The third-order valence-corrected chi connectivity index (χ3v) is 6.76. The van der Waals surface area contributed by atoms with Crippen LogP contribution < -0.4 is 15.4 Å². The average molecular weight is 520 g/mol. The zero-order valence-corrected chi connectivity index (χ0v) is 25.3. The van der Waals surface area contributed by atoms with E-state index < -0.39 is 0 Å². The van der Waals surface area contributed by atoms with Crippen LogP contribution in [-0.2, 0) is 13.1 Å². The SMILES string of the molecule is CCCCCCCCCCCCCCCCOc1cc(CNCCN(C)C)nc(CNCCN(C)C)c1. The number of nitrogens with zero attached hydrogens (tertiary/aromatic N) is 3. The van der Waals surface area contributed by atoms with Crippen molar-refractivity contribution in [2.45, 2.75) is 110 Å². The first-order valence-electron chi connectivity index (χ1n) is 15.3. The highest BCUT2D eigenvalue weighted by Gasteiger charge is 2.05. The van der Waals surface area contributed by atoms with Gasteiger partial charge in [0.15, 0.2) is 0 Å². The van der Waals surface area contributed by atoms with E-state index in [4.69, 9.17) is 9.72 Å². The van der Waals surface area contributed by atoms with Crippen LogP contribution >= 0.6 is 0 Å². The molecule has 6 nitrogen and oxygen atoms in total. The molecule has 216 valence electrons. The van der Waals surface area contributed by atoms with Gasteiger partial charge in [0.2, 0.25) is 0 Å². The van der Waals surface area contributed by atoms with Crippen molar-refractivity contribution in [3.05, 3.63) is 23.5 Å². The van der Waals surface area contributed by atoms with Crippen molar-refractivity contribution in [1.82, 2.24) is 25.4 Å². The van der Waals surface area contributed by atoms with Crippen molar-refractivity contribution in [1.29, 1.82) is 0 Å². The highest BCUT2D eigenvalue weighted by Crippen LogP contribution is 2.16. The summed E-state index contributed by atoms with van der Waals surface area (Å²) in [4.78, 5) is 9.24. The molecule has 37 heavy (non-hydrogen) atoms. The number of ether oxygens (including phenoxy) is 1. The maximum Gasteiger partial charge on any atom is 0.123 e. The Kier molecular flexibility index (Phi) is 21.8. The number of hydrogen-bond donors (Lipinski definition) is 2. The lowest BCUT2D eigenvalue weighted by molar-refractivity contribution is 0.303. The molecule has 1 aromatic heterocycles. The Balaban J connectivity index is 2.23. The second-order valence-electron chi connectivity index (χ2n) is 11.2. The number of aromatic nitrogens is 1. The molecule has 0 unspecified atom stereocenters. The number of likely N-dealkylation sites (N-methyl/N-ethyl adjacent to an activating group) is 2. The molecule has 6 heteroatoms. The van der Waals surface area contributed by atoms with Crippen molar-refractivity contribution >= 4 is 0 Å². The van der Waals surface area contributed by atoms with Gasteiger partial charge in [0.25, 0.3) is 0 Å². The molecule has 0 fully saturated rings. The molecule has 0 aliphatic heterocycles. The first kappa shape index (κ1) is 33.8. The van der Waals surface area contributed by atoms with Crippen LogP contribution in [0.15, 0.2) is 12.1 Å². The van der Waals surface area contributed by atoms with Gasteiger partial charge >= 0.3 is 0 Å². The molecule has 0 saturated carbocycles. The Morgan fingerprint density at radius 1 is 0.622 bits per heavy atom. The second-order valence-corrected chi connectivity index (χ2v) is 11.2. The third kappa shape index (κ3) is 21.4. The Hall–Kier alpha value is -1.21. The van der Waals surface area contributed by atoms with Crippen molar-refractivity contribution in [3.63, 3.8) is 0 Å². The van der Waals surface area contributed by atoms with E-state index in [2.05, 4.69) is 67.7 Å². The number of hydrogen-bond acceptors (Lipinski definition) is 6. The summed E-state index contributed by atoms with van der Waals surface area (Å²) in [6.45, 7) is 8.58. The van der Waals surface area contributed by atoms with Crippen LogP contribution in [0.25, 0.3) is 0 Å². The van der Waals surface area contributed by atoms with Gasteiger partial charge in [0.05, 0.1) is 18.0 Å². The summed E-state index contributed by atoms with van der Waals surface area (Å²) in [5, 5.41) is 7.01. The van der Waals surface area contributed by atoms with Crippen molar-refractivity contribution in [2.75, 3.05) is 61.0 Å². The van der Waals surface area contributed by atoms with Gasteiger partial charge in [-0.25, -0.2) is 0 Å². The van der Waals surface area contributed by atoms with Gasteiger partial charge in [0, 0.05) is 51.4 Å². The predicted molar refractivity (Wildman–Crippen MR) is 161 cm³/mol. The van der Waals surface area contributed by atoms with E-state index in [1.807, 2.05) is 0 Å². The number of pyridine rings is 1. The summed E-state index contributed by atoms with van der Waals surface area (Å²) in [5.74, 6) is 0.957. The number of unbranched alkanes of at least 4 members (excludes halogenated alkanes) is 13. The lowest BCUT2D eigenvalue weighted by Gasteiger charge is -2.14. The van der Waals surface area contributed by atoms with E-state index in [1.54, 1.807) is 0 Å². The van der Waals surface area contributed by atoms with E-state index >= 15 is 0 Å². The van der Waals surface area contributed by atoms with Gasteiger partial charge in [-0.3, -0.25) is 4.98 Å². The summed E-state index contributed by atoms with van der Waals surface area (Å²) >= 11 is 0. The van der Waals surface area contributed by atoms with E-state index in [9.17, 15) is 0 Å². The molecule has 1 heterocycles. The lowest BCUT2D eigenvalue weighted by Crippen LogP contribution is -2.27. The fraction of sp³-hybridized carbons (Fsp3) is 0.839. The molecular formula is C31H61N5O. The van der Waals surface area contributed by atoms with Crippen LogP contribution in [0, 0.1) is 0 Å². The van der Waals surface area contributed by atoms with Gasteiger partial charge < -0.3 is 25.2 Å². The van der Waals surface area contributed by atoms with Crippen LogP contribution in [0.1, 0.15) is 108 Å². The molecule has 0 aliphatic carbocycles. The molecule has 0 saturated heterocycles. The first-order valence-corrected chi connectivity index (χ1v) is 15.3. The minimum atomic E-state index is 0.772. The lowest BCUT2D eigenvalue weighted by atomic mass is 10.0. The van der Waals surface area contributed by atoms with Crippen LogP contribution in [0.5, 0.6) is 5.75 Å². The predicted octanol–water partition coefficient (Wildman–Crippen LogP) is 6.24. The number of nitrogens with one attached hydrogen (secondary N) is 2. The van der Waals surface area contributed by atoms with E-state index in [0.29, 0.717) is 0 Å². The minimum Gasteiger partial charge on any atom is -0.493 e. The molecular weight excluding hydrogens is 458 g/mol. The Labute approximate surface area is 230 Å². The monoisotopic (exact) mass is 519 g/mol. The smallest absolute Gasteiger partial charge is 0.123 e. The molecule has 0 bridgehead atoms. The fourth-order valence-electron chi connectivity index (χ4n) is 4.41. The van der Waals surface area contributed by atoms with E-state index in [1.165, 1.54) is 83.5 Å². The van der Waals surface area contributed by atoms with E-state index in [-0.39, 0.29) is 0 Å². The van der Waals surface area contributed by atoms with Crippen LogP contribution in [0.4, 0.5) is 0 Å². The van der Waals surface area contributed by atoms with E-state index in [0.717, 1.165) is 69.4 Å². The van der Waals surface area contributed by atoms with Crippen molar-refractivity contribution in [3.8, 4) is 5.75 Å². The molecule has 0 spiro atoms. The first-order chi connectivity index (χ1) is 18.0. The maximum absolute atomic E-state index is 6.17. The second kappa shape index (κ2) is 23.9.